The van der Waals surface area contributed by atoms with Crippen LogP contribution in [0.2, 0.25) is 16.6 Å². The van der Waals surface area contributed by atoms with E-state index in [4.69, 9.17) is 9.16 Å². The molecule has 1 aliphatic rings. The standard InChI is InChI=1S/C16H34O3Si/c1-10(2)20(11(3)4,12(5)6)18-9-15(17)13(7)16-14(8)19-16/h10-17H,9H2,1-8H3/t13-,14-,15-,16-/m0/s1. The highest BCUT2D eigenvalue weighted by Crippen LogP contribution is 2.42. The lowest BCUT2D eigenvalue weighted by Gasteiger charge is -2.43. The highest BCUT2D eigenvalue weighted by Gasteiger charge is 2.47. The summed E-state index contributed by atoms with van der Waals surface area (Å²) in [7, 11) is -1.87. The second kappa shape index (κ2) is 6.90. The lowest BCUT2D eigenvalue weighted by atomic mass is 10.00. The minimum Gasteiger partial charge on any atom is -0.413 e. The van der Waals surface area contributed by atoms with Crippen LogP contribution < -0.4 is 0 Å². The summed E-state index contributed by atoms with van der Waals surface area (Å²) in [5, 5.41) is 10.4. The van der Waals surface area contributed by atoms with E-state index in [1.54, 1.807) is 0 Å². The first-order valence-corrected chi connectivity index (χ1v) is 10.3. The fourth-order valence-electron chi connectivity index (χ4n) is 3.85. The molecule has 0 aliphatic carbocycles. The van der Waals surface area contributed by atoms with Crippen molar-refractivity contribution in [2.45, 2.75) is 90.3 Å². The molecule has 0 saturated carbocycles. The number of ether oxygens (including phenoxy) is 1. The Morgan fingerprint density at radius 2 is 1.40 bits per heavy atom. The number of hydrogen-bond donors (Lipinski definition) is 1. The molecule has 0 amide bonds. The largest absolute Gasteiger partial charge is 0.413 e. The maximum absolute atomic E-state index is 10.4. The molecule has 1 rings (SSSR count). The lowest BCUT2D eigenvalue weighted by Crippen LogP contribution is -2.49. The Kier molecular flexibility index (Phi) is 6.26. The van der Waals surface area contributed by atoms with E-state index < -0.39 is 14.4 Å². The van der Waals surface area contributed by atoms with Crippen molar-refractivity contribution in [1.29, 1.82) is 0 Å². The van der Waals surface area contributed by atoms with E-state index >= 15 is 0 Å². The Balaban J connectivity index is 2.66. The van der Waals surface area contributed by atoms with Crippen LogP contribution in [-0.2, 0) is 9.16 Å². The fraction of sp³-hybridized carbons (Fsp3) is 1.00. The number of aliphatic hydroxyl groups excluding tert-OH is 1. The third-order valence-corrected chi connectivity index (χ3v) is 11.2. The van der Waals surface area contributed by atoms with Crippen LogP contribution >= 0.6 is 0 Å². The summed E-state index contributed by atoms with van der Waals surface area (Å²) in [4.78, 5) is 0. The monoisotopic (exact) mass is 302 g/mol. The van der Waals surface area contributed by atoms with Gasteiger partial charge in [0.1, 0.15) is 0 Å². The molecule has 0 aromatic carbocycles. The molecule has 120 valence electrons. The molecule has 1 N–H and O–H groups in total. The van der Waals surface area contributed by atoms with E-state index in [2.05, 4.69) is 55.4 Å². The highest BCUT2D eigenvalue weighted by molar-refractivity contribution is 6.77. The van der Waals surface area contributed by atoms with E-state index in [9.17, 15) is 5.11 Å². The van der Waals surface area contributed by atoms with Gasteiger partial charge in [-0.2, -0.15) is 0 Å². The Morgan fingerprint density at radius 1 is 1.00 bits per heavy atom. The molecule has 4 heteroatoms. The summed E-state index contributed by atoms with van der Waals surface area (Å²) >= 11 is 0. The molecule has 0 unspecified atom stereocenters. The van der Waals surface area contributed by atoms with Gasteiger partial charge in [0.15, 0.2) is 8.32 Å². The summed E-state index contributed by atoms with van der Waals surface area (Å²) in [6, 6.07) is 0. The van der Waals surface area contributed by atoms with Gasteiger partial charge in [0.2, 0.25) is 0 Å². The molecule has 1 aliphatic heterocycles. The number of rotatable bonds is 8. The van der Waals surface area contributed by atoms with E-state index in [0.717, 1.165) is 0 Å². The highest BCUT2D eigenvalue weighted by atomic mass is 28.4. The van der Waals surface area contributed by atoms with Crippen LogP contribution in [0.5, 0.6) is 0 Å². The average Bonchev–Trinajstić information content (AvgIpc) is 3.04. The van der Waals surface area contributed by atoms with Crippen molar-refractivity contribution in [3.05, 3.63) is 0 Å². The van der Waals surface area contributed by atoms with Gasteiger partial charge in [0, 0.05) is 5.92 Å². The SMILES string of the molecule is CC(C)[Si](OC[C@H](O)[C@H](C)[C@@H]1O[C@H]1C)(C(C)C)C(C)C. The predicted octanol–water partition coefficient (Wildman–Crippen LogP) is 3.96. The smallest absolute Gasteiger partial charge is 0.200 e. The van der Waals surface area contributed by atoms with Gasteiger partial charge in [-0.05, 0) is 23.5 Å². The molecule has 3 nitrogen and oxygen atoms in total. The van der Waals surface area contributed by atoms with Crippen LogP contribution in [0.1, 0.15) is 55.4 Å². The summed E-state index contributed by atoms with van der Waals surface area (Å²) in [6.07, 6.45) is 0.0804. The van der Waals surface area contributed by atoms with Gasteiger partial charge < -0.3 is 14.3 Å². The fourth-order valence-corrected chi connectivity index (χ4v) is 9.31. The van der Waals surface area contributed by atoms with Crippen molar-refractivity contribution >= 4 is 8.32 Å². The third kappa shape index (κ3) is 3.64. The van der Waals surface area contributed by atoms with Gasteiger partial charge in [-0.1, -0.05) is 48.5 Å². The predicted molar refractivity (Wildman–Crippen MR) is 86.5 cm³/mol. The first-order chi connectivity index (χ1) is 9.14. The van der Waals surface area contributed by atoms with E-state index in [-0.39, 0.29) is 12.0 Å². The molecule has 0 radical (unpaired) electrons. The molecular weight excluding hydrogens is 268 g/mol. The Hall–Kier alpha value is 0.0969. The molecule has 0 bridgehead atoms. The zero-order valence-corrected chi connectivity index (χ0v) is 15.5. The van der Waals surface area contributed by atoms with Gasteiger partial charge in [-0.25, -0.2) is 0 Å². The molecule has 0 aromatic heterocycles. The average molecular weight is 303 g/mol. The van der Waals surface area contributed by atoms with Crippen molar-refractivity contribution in [2.75, 3.05) is 6.61 Å². The first kappa shape index (κ1) is 18.1. The number of hydrogen-bond acceptors (Lipinski definition) is 3. The maximum atomic E-state index is 10.4. The van der Waals surface area contributed by atoms with Gasteiger partial charge >= 0.3 is 0 Å². The topological polar surface area (TPSA) is 42.0 Å². The van der Waals surface area contributed by atoms with Gasteiger partial charge in [0.25, 0.3) is 0 Å². The van der Waals surface area contributed by atoms with Gasteiger partial charge in [-0.3, -0.25) is 0 Å². The maximum Gasteiger partial charge on any atom is 0.200 e. The number of epoxide rings is 1. The molecule has 0 spiro atoms. The minimum atomic E-state index is -1.87. The van der Waals surface area contributed by atoms with Crippen molar-refractivity contribution in [3.8, 4) is 0 Å². The van der Waals surface area contributed by atoms with Crippen LogP contribution in [0.3, 0.4) is 0 Å². The Bertz CT molecular complexity index is 282. The van der Waals surface area contributed by atoms with Crippen LogP contribution in [0, 0.1) is 5.92 Å². The van der Waals surface area contributed by atoms with Crippen molar-refractivity contribution in [1.82, 2.24) is 0 Å². The molecule has 1 heterocycles. The van der Waals surface area contributed by atoms with Crippen molar-refractivity contribution in [2.24, 2.45) is 5.92 Å². The second-order valence-corrected chi connectivity index (χ2v) is 12.8. The van der Waals surface area contributed by atoms with Crippen LogP contribution in [0.25, 0.3) is 0 Å². The normalized spacial score (nSPS) is 26.4. The van der Waals surface area contributed by atoms with Crippen molar-refractivity contribution in [3.63, 3.8) is 0 Å². The summed E-state index contributed by atoms with van der Waals surface area (Å²) in [5.41, 5.74) is 1.67. The first-order valence-electron chi connectivity index (χ1n) is 8.12. The number of aliphatic hydroxyl groups is 1. The van der Waals surface area contributed by atoms with Gasteiger partial charge in [0.05, 0.1) is 24.9 Å². The Labute approximate surface area is 126 Å². The minimum absolute atomic E-state index is 0.156. The van der Waals surface area contributed by atoms with Gasteiger partial charge in [-0.15, -0.1) is 0 Å². The second-order valence-electron chi connectivity index (χ2n) is 7.36. The Morgan fingerprint density at radius 3 is 1.70 bits per heavy atom. The summed E-state index contributed by atoms with van der Waals surface area (Å²) in [5.74, 6) is 0.156. The van der Waals surface area contributed by atoms with Crippen LogP contribution in [-0.4, -0.2) is 38.3 Å². The molecule has 1 fully saturated rings. The molecular formula is C16H34O3Si. The zero-order valence-electron chi connectivity index (χ0n) is 14.5. The molecule has 1 saturated heterocycles. The van der Waals surface area contributed by atoms with Crippen LogP contribution in [0.4, 0.5) is 0 Å². The molecule has 4 atom stereocenters. The molecule has 0 aromatic rings. The van der Waals surface area contributed by atoms with Crippen molar-refractivity contribution < 1.29 is 14.3 Å². The quantitative estimate of drug-likeness (QED) is 0.545. The van der Waals surface area contributed by atoms with E-state index in [1.165, 1.54) is 0 Å². The van der Waals surface area contributed by atoms with E-state index in [1.807, 2.05) is 0 Å². The summed E-state index contributed by atoms with van der Waals surface area (Å²) < 4.78 is 11.9. The lowest BCUT2D eigenvalue weighted by molar-refractivity contribution is 0.0455. The van der Waals surface area contributed by atoms with Crippen LogP contribution in [0.15, 0.2) is 0 Å². The zero-order chi connectivity index (χ0) is 15.7. The van der Waals surface area contributed by atoms with E-state index in [0.29, 0.717) is 29.3 Å². The summed E-state index contributed by atoms with van der Waals surface area (Å²) in [6.45, 7) is 18.2. The third-order valence-electron chi connectivity index (χ3n) is 5.09. The molecule has 20 heavy (non-hydrogen) atoms.